The van der Waals surface area contributed by atoms with Crippen LogP contribution in [-0.4, -0.2) is 13.0 Å². The molecule has 4 nitrogen and oxygen atoms in total. The molecule has 0 fully saturated rings. The minimum atomic E-state index is -3.73. The maximum atomic E-state index is 13.8. The molecule has 0 saturated heterocycles. The summed E-state index contributed by atoms with van der Waals surface area (Å²) in [5, 5.41) is 0.164. The second-order valence-electron chi connectivity index (χ2n) is 5.47. The topological polar surface area (TPSA) is 51.1 Å². The average molecular weight is 379 g/mol. The molecule has 0 bridgehead atoms. The highest BCUT2D eigenvalue weighted by molar-refractivity contribution is 7.89. The number of sulfonamides is 1. The van der Waals surface area contributed by atoms with Crippen LogP contribution in [0.25, 0.3) is 0 Å². The molecule has 1 aromatic heterocycles. The Kier molecular flexibility index (Phi) is 5.22. The number of hydrogen-bond acceptors (Lipinski definition) is 2. The van der Waals surface area contributed by atoms with Crippen molar-refractivity contribution in [3.05, 3.63) is 89.0 Å². The number of aromatic nitrogens is 1. The molecule has 3 rings (SSSR count). The second-order valence-corrected chi connectivity index (χ2v) is 7.62. The Hall–Kier alpha value is -2.15. The van der Waals surface area contributed by atoms with Gasteiger partial charge in [-0.05, 0) is 30.3 Å². The highest BCUT2D eigenvalue weighted by Crippen LogP contribution is 2.20. The summed E-state index contributed by atoms with van der Waals surface area (Å²) in [6, 6.07) is 16.3. The van der Waals surface area contributed by atoms with E-state index in [0.717, 1.165) is 5.69 Å². The SMILES string of the molecule is O=S(=O)(NCc1cccn1Cc1ccccc1F)c1ccccc1Cl. The molecule has 7 heteroatoms. The summed E-state index contributed by atoms with van der Waals surface area (Å²) >= 11 is 5.96. The van der Waals surface area contributed by atoms with E-state index in [2.05, 4.69) is 4.72 Å². The van der Waals surface area contributed by atoms with Gasteiger partial charge >= 0.3 is 0 Å². The van der Waals surface area contributed by atoms with E-state index in [4.69, 9.17) is 11.6 Å². The fourth-order valence-corrected chi connectivity index (χ4v) is 4.00. The van der Waals surface area contributed by atoms with Gasteiger partial charge in [-0.1, -0.05) is 41.9 Å². The molecular formula is C18H16ClFN2O2S. The van der Waals surface area contributed by atoms with E-state index in [1.54, 1.807) is 53.2 Å². The van der Waals surface area contributed by atoms with Crippen molar-refractivity contribution in [3.63, 3.8) is 0 Å². The van der Waals surface area contributed by atoms with Crippen molar-refractivity contribution in [2.24, 2.45) is 0 Å². The van der Waals surface area contributed by atoms with Crippen molar-refractivity contribution in [2.75, 3.05) is 0 Å². The molecule has 2 aromatic carbocycles. The molecule has 0 spiro atoms. The molecular weight excluding hydrogens is 363 g/mol. The van der Waals surface area contributed by atoms with E-state index in [-0.39, 0.29) is 22.3 Å². The van der Waals surface area contributed by atoms with Crippen LogP contribution in [0.1, 0.15) is 11.3 Å². The number of nitrogens with one attached hydrogen (secondary N) is 1. The van der Waals surface area contributed by atoms with Crippen molar-refractivity contribution in [3.8, 4) is 0 Å². The van der Waals surface area contributed by atoms with E-state index < -0.39 is 10.0 Å². The Morgan fingerprint density at radius 1 is 1.00 bits per heavy atom. The van der Waals surface area contributed by atoms with Crippen molar-refractivity contribution >= 4 is 21.6 Å². The zero-order valence-electron chi connectivity index (χ0n) is 13.2. The van der Waals surface area contributed by atoms with Gasteiger partial charge in [-0.15, -0.1) is 0 Å². The summed E-state index contributed by atoms with van der Waals surface area (Å²) in [5.41, 5.74) is 1.26. The predicted molar refractivity (Wildman–Crippen MR) is 95.4 cm³/mol. The lowest BCUT2D eigenvalue weighted by molar-refractivity contribution is 0.574. The highest BCUT2D eigenvalue weighted by atomic mass is 35.5. The van der Waals surface area contributed by atoms with Crippen LogP contribution in [0.3, 0.4) is 0 Å². The Bertz CT molecular complexity index is 986. The third kappa shape index (κ3) is 4.10. The van der Waals surface area contributed by atoms with E-state index in [0.29, 0.717) is 12.1 Å². The molecule has 0 radical (unpaired) electrons. The van der Waals surface area contributed by atoms with Gasteiger partial charge in [0, 0.05) is 17.5 Å². The second kappa shape index (κ2) is 7.39. The van der Waals surface area contributed by atoms with Crippen LogP contribution in [0.15, 0.2) is 71.8 Å². The lowest BCUT2D eigenvalue weighted by atomic mass is 10.2. The largest absolute Gasteiger partial charge is 0.346 e. The van der Waals surface area contributed by atoms with Gasteiger partial charge < -0.3 is 4.57 Å². The summed E-state index contributed by atoms with van der Waals surface area (Å²) in [4.78, 5) is 0.0314. The van der Waals surface area contributed by atoms with Gasteiger partial charge in [0.15, 0.2) is 0 Å². The number of halogens is 2. The third-order valence-corrected chi connectivity index (χ3v) is 5.69. The van der Waals surface area contributed by atoms with Gasteiger partial charge in [-0.3, -0.25) is 0 Å². The van der Waals surface area contributed by atoms with Crippen molar-refractivity contribution < 1.29 is 12.8 Å². The van der Waals surface area contributed by atoms with Gasteiger partial charge in [0.05, 0.1) is 18.1 Å². The minimum Gasteiger partial charge on any atom is -0.346 e. The maximum absolute atomic E-state index is 13.8. The van der Waals surface area contributed by atoms with Crippen LogP contribution in [0.5, 0.6) is 0 Å². The quantitative estimate of drug-likeness (QED) is 0.709. The van der Waals surface area contributed by atoms with Crippen LogP contribution < -0.4 is 4.72 Å². The molecule has 0 saturated carbocycles. The summed E-state index contributed by atoms with van der Waals surface area (Å²) in [7, 11) is -3.73. The van der Waals surface area contributed by atoms with Crippen LogP contribution in [0.4, 0.5) is 4.39 Å². The summed E-state index contributed by atoms with van der Waals surface area (Å²) in [6.45, 7) is 0.401. The lowest BCUT2D eigenvalue weighted by Crippen LogP contribution is -2.25. The molecule has 0 aliphatic heterocycles. The minimum absolute atomic E-state index is 0.0314. The average Bonchev–Trinajstić information content (AvgIpc) is 3.03. The number of rotatable bonds is 6. The zero-order valence-corrected chi connectivity index (χ0v) is 14.8. The van der Waals surface area contributed by atoms with Crippen LogP contribution >= 0.6 is 11.6 Å². The van der Waals surface area contributed by atoms with Gasteiger partial charge in [0.25, 0.3) is 0 Å². The van der Waals surface area contributed by atoms with E-state index in [1.165, 1.54) is 18.2 Å². The summed E-state index contributed by atoms with van der Waals surface area (Å²) < 4.78 is 43.0. The zero-order chi connectivity index (χ0) is 17.9. The standard InChI is InChI=1S/C18H16ClFN2O2S/c19-16-8-2-4-10-18(16)25(23,24)21-12-15-7-5-11-22(15)13-14-6-1-3-9-17(14)20/h1-11,21H,12-13H2. The van der Waals surface area contributed by atoms with Gasteiger partial charge in [-0.2, -0.15) is 0 Å². The number of benzene rings is 2. The van der Waals surface area contributed by atoms with Gasteiger partial charge in [0.2, 0.25) is 10.0 Å². The summed E-state index contributed by atoms with van der Waals surface area (Å²) in [5.74, 6) is -0.293. The van der Waals surface area contributed by atoms with E-state index in [1.807, 2.05) is 0 Å². The predicted octanol–water partition coefficient (Wildman–Crippen LogP) is 3.81. The first kappa shape index (κ1) is 17.7. The maximum Gasteiger partial charge on any atom is 0.242 e. The van der Waals surface area contributed by atoms with Crippen LogP contribution in [-0.2, 0) is 23.1 Å². The van der Waals surface area contributed by atoms with Crippen LogP contribution in [0, 0.1) is 5.82 Å². The Morgan fingerprint density at radius 3 is 2.48 bits per heavy atom. The molecule has 0 amide bonds. The summed E-state index contributed by atoms with van der Waals surface area (Å²) in [6.07, 6.45) is 1.78. The molecule has 0 unspecified atom stereocenters. The normalized spacial score (nSPS) is 11.6. The van der Waals surface area contributed by atoms with E-state index >= 15 is 0 Å². The molecule has 130 valence electrons. The van der Waals surface area contributed by atoms with Gasteiger partial charge in [-0.25, -0.2) is 17.5 Å². The monoisotopic (exact) mass is 378 g/mol. The third-order valence-electron chi connectivity index (χ3n) is 3.79. The molecule has 1 heterocycles. The molecule has 0 aliphatic carbocycles. The first-order valence-corrected chi connectivity index (χ1v) is 9.45. The first-order valence-electron chi connectivity index (χ1n) is 7.59. The van der Waals surface area contributed by atoms with Crippen LogP contribution in [0.2, 0.25) is 5.02 Å². The number of hydrogen-bond donors (Lipinski definition) is 1. The molecule has 3 aromatic rings. The highest BCUT2D eigenvalue weighted by Gasteiger charge is 2.17. The fourth-order valence-electron chi connectivity index (χ4n) is 2.48. The Balaban J connectivity index is 1.76. The lowest BCUT2D eigenvalue weighted by Gasteiger charge is -2.12. The Morgan fingerprint density at radius 2 is 1.72 bits per heavy atom. The Labute approximate surface area is 150 Å². The molecule has 1 N–H and O–H groups in total. The van der Waals surface area contributed by atoms with Crippen molar-refractivity contribution in [2.45, 2.75) is 18.0 Å². The molecule has 25 heavy (non-hydrogen) atoms. The van der Waals surface area contributed by atoms with Crippen molar-refractivity contribution in [1.82, 2.24) is 9.29 Å². The first-order chi connectivity index (χ1) is 12.0. The van der Waals surface area contributed by atoms with Crippen molar-refractivity contribution in [1.29, 1.82) is 0 Å². The smallest absolute Gasteiger partial charge is 0.242 e. The molecule has 0 atom stereocenters. The fraction of sp³-hybridized carbons (Fsp3) is 0.111. The van der Waals surface area contributed by atoms with Gasteiger partial charge in [0.1, 0.15) is 10.7 Å². The molecule has 0 aliphatic rings. The number of nitrogens with zero attached hydrogens (tertiary/aromatic N) is 1. The van der Waals surface area contributed by atoms with E-state index in [9.17, 15) is 12.8 Å².